The van der Waals surface area contributed by atoms with E-state index in [0.29, 0.717) is 19.5 Å². The smallest absolute Gasteiger partial charge is 0.253 e. The molecule has 1 unspecified atom stereocenters. The van der Waals surface area contributed by atoms with Gasteiger partial charge in [-0.15, -0.1) is 0 Å². The number of hydrogen-bond donors (Lipinski definition) is 2. The Balaban J connectivity index is 2.39. The van der Waals surface area contributed by atoms with Gasteiger partial charge in [0.05, 0.1) is 0 Å². The second kappa shape index (κ2) is 7.33. The fourth-order valence-corrected chi connectivity index (χ4v) is 2.08. The predicted molar refractivity (Wildman–Crippen MR) is 67.9 cm³/mol. The van der Waals surface area contributed by atoms with Gasteiger partial charge in [-0.2, -0.15) is 0 Å². The maximum atomic E-state index is 12.0. The van der Waals surface area contributed by atoms with E-state index in [-0.39, 0.29) is 24.4 Å². The molecule has 1 aliphatic heterocycles. The molecule has 1 aliphatic rings. The van der Waals surface area contributed by atoms with Crippen molar-refractivity contribution >= 4 is 11.8 Å². The number of carbonyl (C=O) groups is 2. The lowest BCUT2D eigenvalue weighted by molar-refractivity contribution is -0.142. The molecule has 1 saturated heterocycles. The van der Waals surface area contributed by atoms with Crippen molar-refractivity contribution in [1.82, 2.24) is 10.2 Å². The summed E-state index contributed by atoms with van der Waals surface area (Å²) in [6, 6.07) is 0.181. The van der Waals surface area contributed by atoms with Crippen LogP contribution in [0.2, 0.25) is 0 Å². The number of nitrogens with zero attached hydrogens (tertiary/aromatic N) is 1. The Morgan fingerprint density at radius 3 is 2.50 bits per heavy atom. The summed E-state index contributed by atoms with van der Waals surface area (Å²) in [4.78, 5) is 25.0. The number of hydrogen-bond acceptors (Lipinski definition) is 4. The largest absolute Gasteiger partial charge is 0.370 e. The third-order valence-corrected chi connectivity index (χ3v) is 3.27. The lowest BCUT2D eigenvalue weighted by Crippen LogP contribution is -2.50. The first kappa shape index (κ1) is 14.9. The van der Waals surface area contributed by atoms with E-state index in [0.717, 1.165) is 12.8 Å². The highest BCUT2D eigenvalue weighted by Crippen LogP contribution is 2.12. The summed E-state index contributed by atoms with van der Waals surface area (Å²) in [6.45, 7) is 3.32. The fourth-order valence-electron chi connectivity index (χ4n) is 2.08. The number of likely N-dealkylation sites (tertiary alicyclic amines) is 1. The average Bonchev–Trinajstić information content (AvgIpc) is 2.40. The molecule has 0 saturated carbocycles. The SMILES string of the molecule is CCC(=O)NC1CCN(C(=O)C(CN)OC)CC1. The van der Waals surface area contributed by atoms with Crippen LogP contribution in [0.25, 0.3) is 0 Å². The summed E-state index contributed by atoms with van der Waals surface area (Å²) < 4.78 is 5.04. The number of nitrogens with one attached hydrogen (secondary N) is 1. The lowest BCUT2D eigenvalue weighted by Gasteiger charge is -2.34. The number of rotatable bonds is 5. The van der Waals surface area contributed by atoms with Crippen molar-refractivity contribution in [1.29, 1.82) is 0 Å². The van der Waals surface area contributed by atoms with Crippen molar-refractivity contribution in [3.05, 3.63) is 0 Å². The molecule has 2 amide bonds. The molecule has 18 heavy (non-hydrogen) atoms. The third kappa shape index (κ3) is 3.96. The van der Waals surface area contributed by atoms with Gasteiger partial charge in [-0.05, 0) is 12.8 Å². The van der Waals surface area contributed by atoms with E-state index in [1.807, 2.05) is 6.92 Å². The monoisotopic (exact) mass is 257 g/mol. The summed E-state index contributed by atoms with van der Waals surface area (Å²) in [6.07, 6.45) is 1.53. The molecule has 1 heterocycles. The van der Waals surface area contributed by atoms with Crippen LogP contribution in [0.15, 0.2) is 0 Å². The van der Waals surface area contributed by atoms with E-state index >= 15 is 0 Å². The Bertz CT molecular complexity index is 284. The molecule has 0 bridgehead atoms. The second-order valence-electron chi connectivity index (χ2n) is 4.48. The lowest BCUT2D eigenvalue weighted by atomic mass is 10.0. The summed E-state index contributed by atoms with van der Waals surface area (Å²) in [5, 5.41) is 2.95. The normalized spacial score (nSPS) is 18.5. The van der Waals surface area contributed by atoms with E-state index < -0.39 is 6.10 Å². The van der Waals surface area contributed by atoms with Gasteiger partial charge in [-0.3, -0.25) is 9.59 Å². The van der Waals surface area contributed by atoms with Gasteiger partial charge in [0.1, 0.15) is 6.10 Å². The predicted octanol–water partition coefficient (Wildman–Crippen LogP) is -0.523. The van der Waals surface area contributed by atoms with Crippen LogP contribution in [0.3, 0.4) is 0 Å². The van der Waals surface area contributed by atoms with E-state index in [9.17, 15) is 9.59 Å². The molecule has 0 aliphatic carbocycles. The van der Waals surface area contributed by atoms with Crippen LogP contribution in [0.4, 0.5) is 0 Å². The first-order valence-electron chi connectivity index (χ1n) is 6.43. The van der Waals surface area contributed by atoms with Gasteiger partial charge in [0.15, 0.2) is 0 Å². The molecule has 6 heteroatoms. The number of ether oxygens (including phenoxy) is 1. The standard InChI is InChI=1S/C12H23N3O3/c1-3-11(16)14-9-4-6-15(7-5-9)12(17)10(8-13)18-2/h9-10H,3-8,13H2,1-2H3,(H,14,16). The number of methoxy groups -OCH3 is 1. The molecule has 3 N–H and O–H groups in total. The van der Waals surface area contributed by atoms with Crippen LogP contribution >= 0.6 is 0 Å². The van der Waals surface area contributed by atoms with Crippen LogP contribution in [0.1, 0.15) is 26.2 Å². The highest BCUT2D eigenvalue weighted by Gasteiger charge is 2.27. The van der Waals surface area contributed by atoms with Gasteiger partial charge in [-0.1, -0.05) is 6.92 Å². The average molecular weight is 257 g/mol. The van der Waals surface area contributed by atoms with Crippen molar-refractivity contribution in [3.63, 3.8) is 0 Å². The minimum atomic E-state index is -0.549. The topological polar surface area (TPSA) is 84.7 Å². The fraction of sp³-hybridized carbons (Fsp3) is 0.833. The van der Waals surface area contributed by atoms with Gasteiger partial charge >= 0.3 is 0 Å². The molecule has 1 fully saturated rings. The van der Waals surface area contributed by atoms with Crippen molar-refractivity contribution in [3.8, 4) is 0 Å². The first-order valence-corrected chi connectivity index (χ1v) is 6.43. The van der Waals surface area contributed by atoms with Crippen molar-refractivity contribution < 1.29 is 14.3 Å². The summed E-state index contributed by atoms with van der Waals surface area (Å²) in [5.41, 5.74) is 5.47. The molecular weight excluding hydrogens is 234 g/mol. The Morgan fingerprint density at radius 2 is 2.06 bits per heavy atom. The zero-order valence-electron chi connectivity index (χ0n) is 11.1. The quantitative estimate of drug-likeness (QED) is 0.694. The van der Waals surface area contributed by atoms with Crippen LogP contribution in [-0.4, -0.2) is 55.6 Å². The number of nitrogens with two attached hydrogens (primary N) is 1. The van der Waals surface area contributed by atoms with Gasteiger partial charge in [0.25, 0.3) is 5.91 Å². The molecule has 6 nitrogen and oxygen atoms in total. The van der Waals surface area contributed by atoms with Gasteiger partial charge in [0, 0.05) is 39.2 Å². The molecule has 0 aromatic heterocycles. The molecular formula is C12H23N3O3. The van der Waals surface area contributed by atoms with Gasteiger partial charge < -0.3 is 20.7 Å². The van der Waals surface area contributed by atoms with Crippen molar-refractivity contribution in [2.24, 2.45) is 5.73 Å². The minimum Gasteiger partial charge on any atom is -0.370 e. The summed E-state index contributed by atoms with van der Waals surface area (Å²) in [5.74, 6) is 0.0109. The number of piperidine rings is 1. The van der Waals surface area contributed by atoms with E-state index in [1.165, 1.54) is 7.11 Å². The maximum Gasteiger partial charge on any atom is 0.253 e. The van der Waals surface area contributed by atoms with Crippen molar-refractivity contribution in [2.75, 3.05) is 26.7 Å². The molecule has 1 atom stereocenters. The third-order valence-electron chi connectivity index (χ3n) is 3.27. The highest BCUT2D eigenvalue weighted by atomic mass is 16.5. The number of amides is 2. The zero-order valence-corrected chi connectivity index (χ0v) is 11.1. The molecule has 1 rings (SSSR count). The van der Waals surface area contributed by atoms with Crippen molar-refractivity contribution in [2.45, 2.75) is 38.3 Å². The molecule has 104 valence electrons. The second-order valence-corrected chi connectivity index (χ2v) is 4.48. The number of carbonyl (C=O) groups excluding carboxylic acids is 2. The zero-order chi connectivity index (χ0) is 13.5. The van der Waals surface area contributed by atoms with Crippen LogP contribution in [-0.2, 0) is 14.3 Å². The highest BCUT2D eigenvalue weighted by molar-refractivity contribution is 5.81. The Kier molecular flexibility index (Phi) is 6.07. The Labute approximate surface area is 108 Å². The van der Waals surface area contributed by atoms with E-state index in [1.54, 1.807) is 4.90 Å². The van der Waals surface area contributed by atoms with Crippen LogP contribution < -0.4 is 11.1 Å². The maximum absolute atomic E-state index is 12.0. The summed E-state index contributed by atoms with van der Waals surface area (Å²) in [7, 11) is 1.49. The molecule has 0 aromatic rings. The molecule has 0 aromatic carbocycles. The Morgan fingerprint density at radius 1 is 1.44 bits per heavy atom. The first-order chi connectivity index (χ1) is 8.62. The summed E-state index contributed by atoms with van der Waals surface area (Å²) >= 11 is 0. The Hall–Kier alpha value is -1.14. The van der Waals surface area contributed by atoms with E-state index in [4.69, 9.17) is 10.5 Å². The van der Waals surface area contributed by atoms with Crippen LogP contribution in [0.5, 0.6) is 0 Å². The van der Waals surface area contributed by atoms with Gasteiger partial charge in [-0.25, -0.2) is 0 Å². The molecule has 0 spiro atoms. The van der Waals surface area contributed by atoms with Gasteiger partial charge in [0.2, 0.25) is 5.91 Å². The van der Waals surface area contributed by atoms with E-state index in [2.05, 4.69) is 5.32 Å². The minimum absolute atomic E-state index is 0.0553. The van der Waals surface area contributed by atoms with Crippen LogP contribution in [0, 0.1) is 0 Å². The molecule has 0 radical (unpaired) electrons.